The van der Waals surface area contributed by atoms with Gasteiger partial charge in [0, 0.05) is 17.5 Å². The van der Waals surface area contributed by atoms with E-state index in [0.717, 1.165) is 19.3 Å². The van der Waals surface area contributed by atoms with Crippen molar-refractivity contribution in [2.24, 2.45) is 0 Å². The molecular weight excluding hydrogens is 356 g/mol. The van der Waals surface area contributed by atoms with Crippen molar-refractivity contribution in [2.45, 2.75) is 30.6 Å². The van der Waals surface area contributed by atoms with Crippen molar-refractivity contribution in [3.63, 3.8) is 0 Å². The summed E-state index contributed by atoms with van der Waals surface area (Å²) in [6, 6.07) is 17.5. The van der Waals surface area contributed by atoms with Crippen molar-refractivity contribution in [3.05, 3.63) is 81.8 Å². The summed E-state index contributed by atoms with van der Waals surface area (Å²) in [5.74, 6) is -0.0207. The van der Waals surface area contributed by atoms with Crippen LogP contribution in [0.5, 0.6) is 0 Å². The molecule has 136 valence electrons. The summed E-state index contributed by atoms with van der Waals surface area (Å²) in [6.45, 7) is 0. The molecule has 3 aromatic rings. The van der Waals surface area contributed by atoms with Crippen molar-refractivity contribution in [1.29, 1.82) is 5.26 Å². The van der Waals surface area contributed by atoms with Crippen molar-refractivity contribution >= 4 is 23.1 Å². The van der Waals surface area contributed by atoms with Gasteiger partial charge in [0.2, 0.25) is 0 Å². The number of rotatable bonds is 7. The molecule has 0 spiro atoms. The fourth-order valence-electron chi connectivity index (χ4n) is 3.24. The molecule has 0 saturated heterocycles. The van der Waals surface area contributed by atoms with Crippen LogP contribution in [-0.4, -0.2) is 16.4 Å². The summed E-state index contributed by atoms with van der Waals surface area (Å²) in [7, 11) is 0. The van der Waals surface area contributed by atoms with Gasteiger partial charge in [-0.15, -0.1) is 11.8 Å². The lowest BCUT2D eigenvalue weighted by Gasteiger charge is -2.13. The quantitative estimate of drug-likeness (QED) is 0.346. The lowest BCUT2D eigenvalue weighted by Crippen LogP contribution is -2.21. The Hall–Kier alpha value is -2.84. The van der Waals surface area contributed by atoms with E-state index >= 15 is 0 Å². The Morgan fingerprint density at radius 2 is 1.85 bits per heavy atom. The monoisotopic (exact) mass is 376 g/mol. The molecule has 0 aliphatic rings. The van der Waals surface area contributed by atoms with Gasteiger partial charge in [0.25, 0.3) is 5.56 Å². The highest BCUT2D eigenvalue weighted by molar-refractivity contribution is 7.98. The summed E-state index contributed by atoms with van der Waals surface area (Å²) >= 11 is 1.28. The summed E-state index contributed by atoms with van der Waals surface area (Å²) in [6.07, 6.45) is 6.41. The number of aromatic nitrogens is 1. The molecule has 0 atom stereocenters. The van der Waals surface area contributed by atoms with Crippen LogP contribution >= 0.6 is 11.8 Å². The fourth-order valence-corrected chi connectivity index (χ4v) is 4.00. The number of nitrogens with zero attached hydrogens (tertiary/aromatic N) is 2. The molecule has 1 aromatic carbocycles. The van der Waals surface area contributed by atoms with Crippen LogP contribution in [0.1, 0.15) is 40.7 Å². The Kier molecular flexibility index (Phi) is 6.10. The molecule has 0 fully saturated rings. The number of benzene rings is 1. The van der Waals surface area contributed by atoms with Crippen molar-refractivity contribution < 1.29 is 4.79 Å². The molecule has 0 bridgehead atoms. The molecule has 5 heteroatoms. The van der Waals surface area contributed by atoms with Gasteiger partial charge in [-0.25, -0.2) is 0 Å². The van der Waals surface area contributed by atoms with Crippen LogP contribution in [0.25, 0.3) is 5.52 Å². The van der Waals surface area contributed by atoms with Gasteiger partial charge < -0.3 is 0 Å². The van der Waals surface area contributed by atoms with Crippen LogP contribution in [0.4, 0.5) is 0 Å². The summed E-state index contributed by atoms with van der Waals surface area (Å²) in [4.78, 5) is 26.0. The SMILES string of the molecule is CSc1c(C#N)c(=O)n2ccccc2c1C(=O)CCCCc1ccccc1. The van der Waals surface area contributed by atoms with E-state index in [2.05, 4.69) is 12.1 Å². The van der Waals surface area contributed by atoms with E-state index in [-0.39, 0.29) is 16.9 Å². The molecule has 0 aliphatic heterocycles. The van der Waals surface area contributed by atoms with Crippen LogP contribution in [0.2, 0.25) is 0 Å². The minimum atomic E-state index is -0.377. The number of nitriles is 1. The molecule has 2 aromatic heterocycles. The number of ketones is 1. The smallest absolute Gasteiger partial charge is 0.274 e. The highest BCUT2D eigenvalue weighted by atomic mass is 32.2. The number of hydrogen-bond donors (Lipinski definition) is 0. The van der Waals surface area contributed by atoms with E-state index in [1.54, 1.807) is 30.7 Å². The maximum atomic E-state index is 13.0. The molecule has 0 aliphatic carbocycles. The Bertz CT molecular complexity index is 1070. The average molecular weight is 376 g/mol. The first-order valence-electron chi connectivity index (χ1n) is 8.86. The zero-order chi connectivity index (χ0) is 19.2. The first-order chi connectivity index (χ1) is 13.2. The van der Waals surface area contributed by atoms with E-state index in [1.165, 1.54) is 21.7 Å². The van der Waals surface area contributed by atoms with Crippen molar-refractivity contribution in [2.75, 3.05) is 6.26 Å². The van der Waals surface area contributed by atoms with Gasteiger partial charge in [-0.1, -0.05) is 36.4 Å². The van der Waals surface area contributed by atoms with Gasteiger partial charge in [0.05, 0.1) is 11.1 Å². The zero-order valence-electron chi connectivity index (χ0n) is 15.1. The van der Waals surface area contributed by atoms with Crippen LogP contribution in [0, 0.1) is 11.3 Å². The fraction of sp³-hybridized carbons (Fsp3) is 0.227. The number of carbonyl (C=O) groups is 1. The number of thioether (sulfide) groups is 1. The van der Waals surface area contributed by atoms with E-state index < -0.39 is 0 Å². The van der Waals surface area contributed by atoms with Crippen molar-refractivity contribution in [3.8, 4) is 6.07 Å². The molecular formula is C22H20N2O2S. The zero-order valence-corrected chi connectivity index (χ0v) is 16.0. The van der Waals surface area contributed by atoms with Gasteiger partial charge in [0.15, 0.2) is 5.78 Å². The van der Waals surface area contributed by atoms with Gasteiger partial charge in [-0.3, -0.25) is 14.0 Å². The van der Waals surface area contributed by atoms with Crippen LogP contribution < -0.4 is 5.56 Å². The molecule has 2 heterocycles. The minimum absolute atomic E-state index is 0.0207. The predicted octanol–water partition coefficient (Wildman–Crippen LogP) is 4.49. The lowest BCUT2D eigenvalue weighted by atomic mass is 10.0. The molecule has 0 unspecified atom stereocenters. The minimum Gasteiger partial charge on any atom is -0.294 e. The van der Waals surface area contributed by atoms with E-state index in [4.69, 9.17) is 0 Å². The lowest BCUT2D eigenvalue weighted by molar-refractivity contribution is 0.0977. The summed E-state index contributed by atoms with van der Waals surface area (Å²) in [5, 5.41) is 9.45. The van der Waals surface area contributed by atoms with Crippen LogP contribution in [0.3, 0.4) is 0 Å². The van der Waals surface area contributed by atoms with E-state index in [9.17, 15) is 14.9 Å². The predicted molar refractivity (Wildman–Crippen MR) is 108 cm³/mol. The Morgan fingerprint density at radius 1 is 1.11 bits per heavy atom. The molecule has 27 heavy (non-hydrogen) atoms. The van der Waals surface area contributed by atoms with Gasteiger partial charge >= 0.3 is 0 Å². The third kappa shape index (κ3) is 3.96. The third-order valence-electron chi connectivity index (χ3n) is 4.56. The first-order valence-corrected chi connectivity index (χ1v) is 10.1. The summed E-state index contributed by atoms with van der Waals surface area (Å²) in [5.41, 5.74) is 1.98. The second kappa shape index (κ2) is 8.70. The maximum Gasteiger partial charge on any atom is 0.274 e. The van der Waals surface area contributed by atoms with E-state index in [1.807, 2.05) is 24.3 Å². The first kappa shape index (κ1) is 18.9. The molecule has 0 N–H and O–H groups in total. The third-order valence-corrected chi connectivity index (χ3v) is 5.38. The summed E-state index contributed by atoms with van der Waals surface area (Å²) < 4.78 is 1.40. The molecule has 3 rings (SSSR count). The van der Waals surface area contributed by atoms with Crippen molar-refractivity contribution in [1.82, 2.24) is 4.40 Å². The average Bonchev–Trinajstić information content (AvgIpc) is 2.71. The largest absolute Gasteiger partial charge is 0.294 e. The highest BCUT2D eigenvalue weighted by Crippen LogP contribution is 2.28. The van der Waals surface area contributed by atoms with Crippen LogP contribution in [0.15, 0.2) is 64.4 Å². The molecule has 0 amide bonds. The van der Waals surface area contributed by atoms with Gasteiger partial charge in [0.1, 0.15) is 11.6 Å². The number of unbranched alkanes of at least 4 members (excludes halogenated alkanes) is 1. The number of carbonyl (C=O) groups excluding carboxylic acids is 1. The maximum absolute atomic E-state index is 13.0. The van der Waals surface area contributed by atoms with E-state index in [0.29, 0.717) is 22.4 Å². The van der Waals surface area contributed by atoms with Gasteiger partial charge in [-0.2, -0.15) is 5.26 Å². The molecule has 0 radical (unpaired) electrons. The Morgan fingerprint density at radius 3 is 2.56 bits per heavy atom. The normalized spacial score (nSPS) is 10.7. The molecule has 0 saturated carbocycles. The standard InChI is InChI=1S/C22H20N2O2S/c1-27-21-17(15-23)22(26)24-14-8-7-12-18(24)20(21)19(25)13-6-5-11-16-9-3-2-4-10-16/h2-4,7-10,12,14H,5-6,11,13H2,1H3. The Balaban J connectivity index is 1.86. The number of aryl methyl sites for hydroxylation is 1. The number of hydrogen-bond acceptors (Lipinski definition) is 4. The number of fused-ring (bicyclic) bond motifs is 1. The number of Topliss-reactive ketones (excluding diaryl/α,β-unsaturated/α-hetero) is 1. The highest BCUT2D eigenvalue weighted by Gasteiger charge is 2.21. The second-order valence-corrected chi connectivity index (χ2v) is 7.09. The van der Waals surface area contributed by atoms with Crippen LogP contribution in [-0.2, 0) is 6.42 Å². The Labute approximate surface area is 162 Å². The topological polar surface area (TPSA) is 62.3 Å². The van der Waals surface area contributed by atoms with Gasteiger partial charge in [-0.05, 0) is 43.2 Å². The second-order valence-electron chi connectivity index (χ2n) is 6.27. The molecule has 4 nitrogen and oxygen atoms in total. The number of pyridine rings is 2.